The number of ether oxygens (including phenoxy) is 2. The molecule has 0 radical (unpaired) electrons. The number of benzene rings is 2. The molecule has 32 heavy (non-hydrogen) atoms. The normalized spacial score (nSPS) is 19.6. The van der Waals surface area contributed by atoms with Gasteiger partial charge in [0.15, 0.2) is 0 Å². The van der Waals surface area contributed by atoms with Crippen LogP contribution in [0.25, 0.3) is 0 Å². The maximum Gasteiger partial charge on any atom is 0.258 e. The third kappa shape index (κ3) is 5.29. The average Bonchev–Trinajstić information content (AvgIpc) is 2.85. The Morgan fingerprint density at radius 3 is 2.44 bits per heavy atom. The second-order valence-corrected chi connectivity index (χ2v) is 8.19. The van der Waals surface area contributed by atoms with E-state index in [1.807, 2.05) is 64.4 Å². The van der Waals surface area contributed by atoms with Crippen LogP contribution in [0.1, 0.15) is 28.9 Å². The van der Waals surface area contributed by atoms with Crippen molar-refractivity contribution in [1.82, 2.24) is 14.7 Å². The first kappa shape index (κ1) is 22.3. The zero-order valence-corrected chi connectivity index (χ0v) is 18.6. The van der Waals surface area contributed by atoms with Gasteiger partial charge in [0, 0.05) is 46.2 Å². The van der Waals surface area contributed by atoms with Crippen molar-refractivity contribution >= 4 is 11.8 Å². The molecule has 0 aromatic heterocycles. The molecule has 2 aliphatic rings. The molecule has 0 N–H and O–H groups in total. The highest BCUT2D eigenvalue weighted by molar-refractivity contribution is 5.97. The average molecular weight is 438 g/mol. The van der Waals surface area contributed by atoms with Crippen LogP contribution in [0.2, 0.25) is 0 Å². The van der Waals surface area contributed by atoms with Crippen LogP contribution in [0.5, 0.6) is 5.75 Å². The minimum Gasteiger partial charge on any atom is -0.491 e. The molecule has 2 saturated heterocycles. The van der Waals surface area contributed by atoms with E-state index in [2.05, 4.69) is 4.90 Å². The van der Waals surface area contributed by atoms with Gasteiger partial charge in [-0.3, -0.25) is 14.5 Å². The number of morpholine rings is 1. The number of nitrogens with zero attached hydrogens (tertiary/aromatic N) is 3. The van der Waals surface area contributed by atoms with Crippen LogP contribution in [0, 0.1) is 0 Å². The topological polar surface area (TPSA) is 62.3 Å². The molecule has 2 aliphatic heterocycles. The molecule has 7 heteroatoms. The van der Waals surface area contributed by atoms with Crippen molar-refractivity contribution in [2.45, 2.75) is 13.0 Å². The van der Waals surface area contributed by atoms with Crippen LogP contribution in [0.4, 0.5) is 0 Å². The van der Waals surface area contributed by atoms with Crippen LogP contribution in [-0.2, 0) is 9.53 Å². The predicted molar refractivity (Wildman–Crippen MR) is 122 cm³/mol. The molecule has 1 atom stereocenters. The molecule has 2 fully saturated rings. The number of para-hydroxylation sites is 1. The Labute approximate surface area is 189 Å². The highest BCUT2D eigenvalue weighted by Crippen LogP contribution is 2.29. The van der Waals surface area contributed by atoms with E-state index >= 15 is 0 Å². The summed E-state index contributed by atoms with van der Waals surface area (Å²) in [7, 11) is 0. The number of carbonyl (C=O) groups excluding carboxylic acids is 2. The van der Waals surface area contributed by atoms with Gasteiger partial charge >= 0.3 is 0 Å². The zero-order chi connectivity index (χ0) is 22.3. The predicted octanol–water partition coefficient (Wildman–Crippen LogP) is 2.44. The number of rotatable bonds is 6. The largest absolute Gasteiger partial charge is 0.491 e. The van der Waals surface area contributed by atoms with Crippen LogP contribution >= 0.6 is 0 Å². The summed E-state index contributed by atoms with van der Waals surface area (Å²) < 4.78 is 11.5. The number of carbonyl (C=O) groups is 2. The molecule has 0 saturated carbocycles. The summed E-state index contributed by atoms with van der Waals surface area (Å²) in [5.74, 6) is 0.570. The van der Waals surface area contributed by atoms with E-state index < -0.39 is 0 Å². The lowest BCUT2D eigenvalue weighted by atomic mass is 10.0. The Balaban J connectivity index is 1.50. The van der Waals surface area contributed by atoms with Gasteiger partial charge in [-0.2, -0.15) is 0 Å². The van der Waals surface area contributed by atoms with Crippen LogP contribution in [-0.4, -0.2) is 85.6 Å². The highest BCUT2D eigenvalue weighted by atomic mass is 16.5. The standard InChI is InChI=1S/C25H31N3O4/c1-20(29)27-11-12-28(23(19-27)21-7-3-2-4-8-21)25(30)22-9-5-6-10-24(22)32-18-15-26-13-16-31-17-14-26/h2-10,23H,11-19H2,1H3. The van der Waals surface area contributed by atoms with Gasteiger partial charge in [-0.05, 0) is 17.7 Å². The number of hydrogen-bond acceptors (Lipinski definition) is 5. The highest BCUT2D eigenvalue weighted by Gasteiger charge is 2.34. The first-order chi connectivity index (χ1) is 15.6. The van der Waals surface area contributed by atoms with Gasteiger partial charge in [-0.25, -0.2) is 0 Å². The summed E-state index contributed by atoms with van der Waals surface area (Å²) in [5, 5.41) is 0. The lowest BCUT2D eigenvalue weighted by molar-refractivity contribution is -0.131. The quantitative estimate of drug-likeness (QED) is 0.695. The fourth-order valence-corrected chi connectivity index (χ4v) is 4.31. The monoisotopic (exact) mass is 437 g/mol. The molecular formula is C25H31N3O4. The molecule has 0 bridgehead atoms. The lowest BCUT2D eigenvalue weighted by Gasteiger charge is -2.41. The summed E-state index contributed by atoms with van der Waals surface area (Å²) in [4.78, 5) is 31.7. The second-order valence-electron chi connectivity index (χ2n) is 8.19. The lowest BCUT2D eigenvalue weighted by Crippen LogP contribution is -2.51. The molecule has 2 aromatic carbocycles. The zero-order valence-electron chi connectivity index (χ0n) is 18.6. The van der Waals surface area contributed by atoms with E-state index in [1.165, 1.54) is 0 Å². The van der Waals surface area contributed by atoms with E-state index in [1.54, 1.807) is 6.92 Å². The maximum absolute atomic E-state index is 13.7. The Bertz CT molecular complexity index is 914. The minimum absolute atomic E-state index is 0.0323. The summed E-state index contributed by atoms with van der Waals surface area (Å²) in [6.07, 6.45) is 0. The van der Waals surface area contributed by atoms with Crippen LogP contribution < -0.4 is 4.74 Å². The molecule has 1 unspecified atom stereocenters. The Morgan fingerprint density at radius 2 is 1.69 bits per heavy atom. The molecule has 4 rings (SSSR count). The van der Waals surface area contributed by atoms with E-state index in [-0.39, 0.29) is 17.9 Å². The van der Waals surface area contributed by atoms with E-state index in [9.17, 15) is 9.59 Å². The van der Waals surface area contributed by atoms with Gasteiger partial charge in [-0.15, -0.1) is 0 Å². The Hall–Kier alpha value is -2.90. The van der Waals surface area contributed by atoms with Crippen molar-refractivity contribution in [2.75, 3.05) is 59.1 Å². The van der Waals surface area contributed by atoms with Gasteiger partial charge in [0.1, 0.15) is 12.4 Å². The maximum atomic E-state index is 13.7. The molecule has 7 nitrogen and oxygen atoms in total. The Kier molecular flexibility index (Phi) is 7.39. The van der Waals surface area contributed by atoms with Crippen molar-refractivity contribution in [3.63, 3.8) is 0 Å². The van der Waals surface area contributed by atoms with E-state index in [4.69, 9.17) is 9.47 Å². The molecule has 0 aliphatic carbocycles. The first-order valence-corrected chi connectivity index (χ1v) is 11.3. The molecular weight excluding hydrogens is 406 g/mol. The Morgan fingerprint density at radius 1 is 0.969 bits per heavy atom. The van der Waals surface area contributed by atoms with E-state index in [0.717, 1.165) is 38.4 Å². The summed E-state index contributed by atoms with van der Waals surface area (Å²) >= 11 is 0. The van der Waals surface area contributed by atoms with Crippen molar-refractivity contribution < 1.29 is 19.1 Å². The number of hydrogen-bond donors (Lipinski definition) is 0. The number of amides is 2. The minimum atomic E-state index is -0.192. The summed E-state index contributed by atoms with van der Waals surface area (Å²) in [5.41, 5.74) is 1.59. The summed E-state index contributed by atoms with van der Waals surface area (Å²) in [6, 6.07) is 17.2. The summed E-state index contributed by atoms with van der Waals surface area (Å²) in [6.45, 7) is 7.73. The SMILES string of the molecule is CC(=O)N1CCN(C(=O)c2ccccc2OCCN2CCOCC2)C(c2ccccc2)C1. The molecule has 2 aromatic rings. The fraction of sp³-hybridized carbons (Fsp3) is 0.440. The van der Waals surface area contributed by atoms with Crippen molar-refractivity contribution in [1.29, 1.82) is 0 Å². The van der Waals surface area contributed by atoms with Crippen LogP contribution in [0.15, 0.2) is 54.6 Å². The molecule has 2 heterocycles. The van der Waals surface area contributed by atoms with Crippen LogP contribution in [0.3, 0.4) is 0 Å². The van der Waals surface area contributed by atoms with Gasteiger partial charge in [0.25, 0.3) is 5.91 Å². The van der Waals surface area contributed by atoms with Crippen molar-refractivity contribution in [3.05, 3.63) is 65.7 Å². The third-order valence-electron chi connectivity index (χ3n) is 6.16. The van der Waals surface area contributed by atoms with Gasteiger partial charge in [0.2, 0.25) is 5.91 Å². The third-order valence-corrected chi connectivity index (χ3v) is 6.16. The van der Waals surface area contributed by atoms with Crippen molar-refractivity contribution in [2.24, 2.45) is 0 Å². The first-order valence-electron chi connectivity index (χ1n) is 11.3. The van der Waals surface area contributed by atoms with E-state index in [0.29, 0.717) is 37.6 Å². The molecule has 0 spiro atoms. The van der Waals surface area contributed by atoms with Gasteiger partial charge < -0.3 is 19.3 Å². The smallest absolute Gasteiger partial charge is 0.258 e. The fourth-order valence-electron chi connectivity index (χ4n) is 4.31. The number of piperazine rings is 1. The second kappa shape index (κ2) is 10.6. The van der Waals surface area contributed by atoms with Gasteiger partial charge in [-0.1, -0.05) is 42.5 Å². The molecule has 170 valence electrons. The molecule has 2 amide bonds. The van der Waals surface area contributed by atoms with Gasteiger partial charge in [0.05, 0.1) is 24.8 Å². The van der Waals surface area contributed by atoms with Crippen molar-refractivity contribution in [3.8, 4) is 5.75 Å².